The average Bonchev–Trinajstić information content (AvgIpc) is 3.69. The predicted octanol–water partition coefficient (Wildman–Crippen LogP) is 9.53. The van der Waals surface area contributed by atoms with Crippen LogP contribution in [0.2, 0.25) is 0 Å². The van der Waals surface area contributed by atoms with E-state index in [2.05, 4.69) is 69.1 Å². The lowest BCUT2D eigenvalue weighted by Gasteiger charge is -2.72. The fourth-order valence-electron chi connectivity index (χ4n) is 15.5. The number of nitrogens with zero attached hydrogens (tertiary/aromatic N) is 1. The molecule has 344 valence electrons. The molecule has 6 aliphatic rings. The van der Waals surface area contributed by atoms with Crippen LogP contribution in [0.5, 0.6) is 0 Å². The topological polar surface area (TPSA) is 168 Å². The Kier molecular flexibility index (Phi) is 10.9. The molecular formula is C52H74N4O7. The van der Waals surface area contributed by atoms with Gasteiger partial charge in [0.25, 0.3) is 5.91 Å². The van der Waals surface area contributed by atoms with E-state index in [0.29, 0.717) is 30.2 Å². The number of carboxylic acid groups (broad SMARTS) is 1. The first kappa shape index (κ1) is 45.5. The Balaban J connectivity index is 0.979. The molecule has 0 spiro atoms. The number of amides is 2. The summed E-state index contributed by atoms with van der Waals surface area (Å²) in [6, 6.07) is 5.40. The lowest BCUT2D eigenvalue weighted by Crippen LogP contribution is -2.66. The zero-order valence-corrected chi connectivity index (χ0v) is 40.1. The lowest BCUT2D eigenvalue weighted by atomic mass is 9.33. The van der Waals surface area contributed by atoms with Crippen LogP contribution in [0.15, 0.2) is 29.3 Å². The summed E-state index contributed by atoms with van der Waals surface area (Å²) in [5, 5.41) is 16.0. The molecule has 4 N–H and O–H groups in total. The number of hydrogen-bond donors (Lipinski definition) is 4. The summed E-state index contributed by atoms with van der Waals surface area (Å²) in [6.45, 7) is 26.2. The lowest BCUT2D eigenvalue weighted by molar-refractivity contribution is -0.236. The molecule has 11 heteroatoms. The smallest absolute Gasteiger partial charge is 0.309 e. The summed E-state index contributed by atoms with van der Waals surface area (Å²) < 4.78 is 6.43. The van der Waals surface area contributed by atoms with Gasteiger partial charge in [0.2, 0.25) is 5.91 Å². The fourth-order valence-corrected chi connectivity index (χ4v) is 15.5. The second-order valence-corrected chi connectivity index (χ2v) is 24.1. The fraction of sp³-hybridized carbons (Fsp3) is 0.731. The highest BCUT2D eigenvalue weighted by Gasteiger charge is 2.70. The van der Waals surface area contributed by atoms with E-state index in [4.69, 9.17) is 4.74 Å². The van der Waals surface area contributed by atoms with Gasteiger partial charge in [-0.15, -0.1) is 0 Å². The van der Waals surface area contributed by atoms with Crippen molar-refractivity contribution in [3.63, 3.8) is 0 Å². The molecule has 0 saturated heterocycles. The Morgan fingerprint density at radius 3 is 2.29 bits per heavy atom. The number of carbonyl (C=O) groups is 5. The van der Waals surface area contributed by atoms with Crippen LogP contribution in [0.4, 0.5) is 0 Å². The van der Waals surface area contributed by atoms with Crippen LogP contribution < -0.4 is 10.6 Å². The molecule has 2 amide bonds. The van der Waals surface area contributed by atoms with Crippen molar-refractivity contribution in [1.82, 2.24) is 20.6 Å². The molecule has 0 bridgehead atoms. The van der Waals surface area contributed by atoms with E-state index in [0.717, 1.165) is 73.8 Å². The van der Waals surface area contributed by atoms with Crippen molar-refractivity contribution in [2.45, 2.75) is 165 Å². The summed E-state index contributed by atoms with van der Waals surface area (Å²) in [4.78, 5) is 74.9. The van der Waals surface area contributed by atoms with E-state index < -0.39 is 34.2 Å². The zero-order valence-electron chi connectivity index (χ0n) is 40.1. The number of nitrogens with one attached hydrogen (secondary N) is 3. The van der Waals surface area contributed by atoms with Crippen LogP contribution in [-0.2, 0) is 23.9 Å². The monoisotopic (exact) mass is 867 g/mol. The van der Waals surface area contributed by atoms with E-state index in [-0.39, 0.29) is 76.1 Å². The molecule has 0 radical (unpaired) electrons. The first-order valence-electron chi connectivity index (χ1n) is 24.0. The molecule has 63 heavy (non-hydrogen) atoms. The normalized spacial score (nSPS) is 36.7. The molecule has 6 aliphatic carbocycles. The molecule has 2 aromatic rings. The minimum atomic E-state index is -0.841. The number of Topliss-reactive ketones (excluding diaryl/α,β-unsaturated/α-hetero) is 1. The third-order valence-corrected chi connectivity index (χ3v) is 19.2. The quantitative estimate of drug-likeness (QED) is 0.171. The minimum absolute atomic E-state index is 0.0146. The Hall–Kier alpha value is -4.02. The number of ether oxygens (including phenoxy) is 1. The number of esters is 1. The molecule has 0 aliphatic heterocycles. The van der Waals surface area contributed by atoms with Crippen molar-refractivity contribution in [1.29, 1.82) is 0 Å². The van der Waals surface area contributed by atoms with E-state index in [1.54, 1.807) is 12.1 Å². The van der Waals surface area contributed by atoms with Gasteiger partial charge in [-0.3, -0.25) is 24.0 Å². The van der Waals surface area contributed by atoms with Gasteiger partial charge < -0.3 is 25.5 Å². The highest BCUT2D eigenvalue weighted by atomic mass is 16.5. The van der Waals surface area contributed by atoms with Crippen molar-refractivity contribution in [3.8, 4) is 0 Å². The molecule has 5 fully saturated rings. The van der Waals surface area contributed by atoms with Crippen LogP contribution in [0, 0.1) is 74.9 Å². The summed E-state index contributed by atoms with van der Waals surface area (Å²) in [7, 11) is 0. The number of imidazole rings is 1. The van der Waals surface area contributed by atoms with Gasteiger partial charge in [-0.05, 0) is 148 Å². The Morgan fingerprint density at radius 2 is 1.62 bits per heavy atom. The molecule has 11 nitrogen and oxygen atoms in total. The van der Waals surface area contributed by atoms with E-state index >= 15 is 0 Å². The maximum absolute atomic E-state index is 14.2. The number of allylic oxidation sites excluding steroid dienone is 2. The minimum Gasteiger partial charge on any atom is -0.481 e. The van der Waals surface area contributed by atoms with Gasteiger partial charge in [-0.1, -0.05) is 67.9 Å². The number of carbonyl (C=O) groups excluding carboxylic acids is 4. The number of aromatic amines is 1. The van der Waals surface area contributed by atoms with E-state index in [1.807, 2.05) is 40.7 Å². The average molecular weight is 867 g/mol. The van der Waals surface area contributed by atoms with Crippen molar-refractivity contribution in [2.75, 3.05) is 6.54 Å². The van der Waals surface area contributed by atoms with E-state index in [9.17, 15) is 29.1 Å². The van der Waals surface area contributed by atoms with Crippen molar-refractivity contribution < 1.29 is 33.8 Å². The van der Waals surface area contributed by atoms with Gasteiger partial charge >= 0.3 is 11.9 Å². The second-order valence-electron chi connectivity index (χ2n) is 24.1. The number of aromatic nitrogens is 2. The summed E-state index contributed by atoms with van der Waals surface area (Å²) in [6.07, 6.45) is 8.45. The Morgan fingerprint density at radius 1 is 0.905 bits per heavy atom. The van der Waals surface area contributed by atoms with Gasteiger partial charge in [-0.25, -0.2) is 4.98 Å². The maximum atomic E-state index is 14.2. The number of hydrogen-bond acceptors (Lipinski definition) is 7. The number of benzene rings is 1. The summed E-state index contributed by atoms with van der Waals surface area (Å²) in [5.74, 6) is -0.225. The van der Waals surface area contributed by atoms with Gasteiger partial charge in [0, 0.05) is 35.8 Å². The van der Waals surface area contributed by atoms with E-state index in [1.165, 1.54) is 5.57 Å². The SMILES string of the molecule is Cc1nc2ccc(C(=O)NC(C)(C)CNC(=O)C[C@@]34CC[C@]5(C)[C@H](CC[C@@H]6[C@@]7(C)CC[C@H](OC(=O)[C@H]8C[C@@H](C(=O)O)C8(C)C)C(C)(C)[C@@H]7CC[C@]65C)C3=C(C(C)C)C(=O)C4)cc2[nH]1. The van der Waals surface area contributed by atoms with Gasteiger partial charge in [0.15, 0.2) is 5.78 Å². The molecule has 5 saturated carbocycles. The number of H-pyrrole nitrogens is 1. The van der Waals surface area contributed by atoms with Crippen LogP contribution in [0.3, 0.4) is 0 Å². The van der Waals surface area contributed by atoms with Crippen LogP contribution >= 0.6 is 0 Å². The first-order chi connectivity index (χ1) is 29.2. The highest BCUT2D eigenvalue weighted by molar-refractivity contribution is 6.01. The predicted molar refractivity (Wildman–Crippen MR) is 242 cm³/mol. The zero-order chi connectivity index (χ0) is 46.0. The van der Waals surface area contributed by atoms with Crippen LogP contribution in [0.25, 0.3) is 11.0 Å². The van der Waals surface area contributed by atoms with Gasteiger partial charge in [-0.2, -0.15) is 0 Å². The molecular weight excluding hydrogens is 793 g/mol. The standard InChI is InChI=1S/C52H74N4O7/c1-28(2)41-36(57)25-52(26-40(58)53-27-46(4,5)56-43(59)30-13-15-34-35(23-30)55-29(3)54-34)22-21-50(11)31(42(41)52)14-16-38-49(10)19-18-39(48(8,9)37(49)17-20-51(38,50)12)63-45(62)33-24-32(44(60)61)47(33,6)7/h13,15,23,28,31-33,37-39H,14,16-22,24-27H2,1-12H3,(H,53,58)(H,54,55)(H,56,59)(H,60,61)/t31-,32+,33-,37+,38-,39+,49+,50-,51-,52+/m1/s1. The third-order valence-electron chi connectivity index (χ3n) is 19.2. The first-order valence-corrected chi connectivity index (χ1v) is 24.0. The number of ketones is 1. The van der Waals surface area contributed by atoms with Crippen LogP contribution in [0.1, 0.15) is 163 Å². The largest absolute Gasteiger partial charge is 0.481 e. The number of carboxylic acids is 1. The van der Waals surface area contributed by atoms with Crippen LogP contribution in [-0.4, -0.2) is 62.8 Å². The number of rotatable bonds is 10. The Labute approximate surface area is 374 Å². The van der Waals surface area contributed by atoms with Gasteiger partial charge in [0.1, 0.15) is 11.9 Å². The molecule has 1 heterocycles. The molecule has 1 aromatic heterocycles. The number of fused-ring (bicyclic) bond motifs is 8. The van der Waals surface area contributed by atoms with Crippen molar-refractivity contribution in [2.24, 2.45) is 68.0 Å². The molecule has 8 rings (SSSR count). The third kappa shape index (κ3) is 7.01. The molecule has 0 unspecified atom stereocenters. The summed E-state index contributed by atoms with van der Waals surface area (Å²) >= 11 is 0. The molecule has 10 atom stereocenters. The second kappa shape index (κ2) is 15.0. The number of aliphatic carboxylic acids is 1. The van der Waals surface area contributed by atoms with Crippen molar-refractivity contribution >= 4 is 40.6 Å². The number of aryl methyl sites for hydroxylation is 1. The maximum Gasteiger partial charge on any atom is 0.309 e. The van der Waals surface area contributed by atoms with Crippen molar-refractivity contribution in [3.05, 3.63) is 40.7 Å². The summed E-state index contributed by atoms with van der Waals surface area (Å²) in [5.41, 5.74) is 2.26. The van der Waals surface area contributed by atoms with Gasteiger partial charge in [0.05, 0.1) is 28.4 Å². The highest BCUT2D eigenvalue weighted by Crippen LogP contribution is 2.77. The molecule has 1 aromatic carbocycles. The Bertz CT molecular complexity index is 2290.